The lowest BCUT2D eigenvalue weighted by molar-refractivity contribution is -0.161. The SMILES string of the molecule is CCCCCCCCCCCCCCCCCCCC(=O)OC[C@H](COP(=O)(O)OC[C@@H](O)COP(=O)(O)OC[C@@H](COC(=O)CCCCCCCCC)OC(=O)CCCCCCCCCCCC)OC(=O)CCCCCCCCCCCCCCCCC(C)CC. The van der Waals surface area contributed by atoms with Crippen LogP contribution in [0.15, 0.2) is 0 Å². The number of hydrogen-bond acceptors (Lipinski definition) is 15. The molecule has 0 bridgehead atoms. The van der Waals surface area contributed by atoms with E-state index in [0.29, 0.717) is 25.7 Å². The van der Waals surface area contributed by atoms with Crippen LogP contribution in [-0.2, 0) is 65.4 Å². The molecule has 0 aliphatic carbocycles. The van der Waals surface area contributed by atoms with E-state index in [2.05, 4.69) is 34.6 Å². The van der Waals surface area contributed by atoms with Crippen molar-refractivity contribution < 1.29 is 80.2 Å². The van der Waals surface area contributed by atoms with Gasteiger partial charge < -0.3 is 33.8 Å². The minimum absolute atomic E-state index is 0.106. The molecule has 0 aromatic heterocycles. The van der Waals surface area contributed by atoms with E-state index in [-0.39, 0.29) is 25.7 Å². The molecule has 6 atom stereocenters. The molecule has 3 N–H and O–H groups in total. The Morgan fingerprint density at radius 1 is 0.304 bits per heavy atom. The van der Waals surface area contributed by atoms with Crippen molar-refractivity contribution >= 4 is 39.5 Å². The van der Waals surface area contributed by atoms with Gasteiger partial charge in [0.2, 0.25) is 0 Å². The number of phosphoric ester groups is 2. The number of unbranched alkanes of at least 4 members (excludes halogenated alkanes) is 44. The second-order valence-corrected chi connectivity index (χ2v) is 29.5. The molecule has 0 aromatic carbocycles. The number of esters is 4. The zero-order chi connectivity index (χ0) is 67.7. The highest BCUT2D eigenvalue weighted by Crippen LogP contribution is 2.45. The van der Waals surface area contributed by atoms with Crippen molar-refractivity contribution in [1.82, 2.24) is 0 Å². The molecule has 0 rings (SSSR count). The lowest BCUT2D eigenvalue weighted by Gasteiger charge is -2.21. The number of phosphoric acid groups is 2. The van der Waals surface area contributed by atoms with Gasteiger partial charge in [0, 0.05) is 25.7 Å². The largest absolute Gasteiger partial charge is 0.472 e. The third kappa shape index (κ3) is 65.4. The second kappa shape index (κ2) is 66.3. The molecule has 0 saturated heterocycles. The molecule has 546 valence electrons. The fourth-order valence-corrected chi connectivity index (χ4v) is 12.7. The monoisotopic (exact) mass is 1350 g/mol. The number of ether oxygens (including phenoxy) is 4. The smallest absolute Gasteiger partial charge is 0.462 e. The van der Waals surface area contributed by atoms with Crippen LogP contribution in [0.4, 0.5) is 0 Å². The first-order valence-electron chi connectivity index (χ1n) is 38.2. The molecule has 0 saturated carbocycles. The minimum Gasteiger partial charge on any atom is -0.462 e. The zero-order valence-corrected chi connectivity index (χ0v) is 61.5. The van der Waals surface area contributed by atoms with Gasteiger partial charge in [-0.15, -0.1) is 0 Å². The average molecular weight is 1350 g/mol. The Balaban J connectivity index is 5.18. The maximum absolute atomic E-state index is 13.1. The number of carbonyl (C=O) groups excluding carboxylic acids is 4. The van der Waals surface area contributed by atoms with E-state index >= 15 is 0 Å². The Kier molecular flexibility index (Phi) is 64.9. The predicted octanol–water partition coefficient (Wildman–Crippen LogP) is 21.3. The molecule has 0 radical (unpaired) electrons. The molecule has 0 heterocycles. The second-order valence-electron chi connectivity index (χ2n) is 26.6. The maximum Gasteiger partial charge on any atom is 0.472 e. The molecular weight excluding hydrogens is 1210 g/mol. The summed E-state index contributed by atoms with van der Waals surface area (Å²) in [4.78, 5) is 72.5. The number of hydrogen-bond donors (Lipinski definition) is 3. The van der Waals surface area contributed by atoms with Gasteiger partial charge in [-0.3, -0.25) is 37.3 Å². The fraction of sp³-hybridized carbons (Fsp3) is 0.945. The molecule has 3 unspecified atom stereocenters. The summed E-state index contributed by atoms with van der Waals surface area (Å²) in [5.41, 5.74) is 0. The van der Waals surface area contributed by atoms with Crippen LogP contribution in [-0.4, -0.2) is 96.7 Å². The molecule has 0 aliphatic heterocycles. The van der Waals surface area contributed by atoms with Crippen molar-refractivity contribution in [2.75, 3.05) is 39.6 Å². The first-order chi connectivity index (χ1) is 44.6. The van der Waals surface area contributed by atoms with Gasteiger partial charge in [-0.05, 0) is 31.6 Å². The summed E-state index contributed by atoms with van der Waals surface area (Å²) in [6.45, 7) is 7.28. The van der Waals surface area contributed by atoms with Crippen LogP contribution in [0.2, 0.25) is 0 Å². The number of aliphatic hydroxyl groups is 1. The first kappa shape index (κ1) is 90.1. The Labute approximate surface area is 562 Å². The topological polar surface area (TPSA) is 237 Å². The van der Waals surface area contributed by atoms with Gasteiger partial charge >= 0.3 is 39.5 Å². The van der Waals surface area contributed by atoms with Crippen molar-refractivity contribution in [3.8, 4) is 0 Å². The minimum atomic E-state index is -4.95. The van der Waals surface area contributed by atoms with Crippen LogP contribution >= 0.6 is 15.6 Å². The summed E-state index contributed by atoms with van der Waals surface area (Å²) in [7, 11) is -9.90. The van der Waals surface area contributed by atoms with E-state index < -0.39 is 97.5 Å². The highest BCUT2D eigenvalue weighted by Gasteiger charge is 2.30. The van der Waals surface area contributed by atoms with Gasteiger partial charge in [0.05, 0.1) is 26.4 Å². The normalized spacial score (nSPS) is 14.3. The lowest BCUT2D eigenvalue weighted by Crippen LogP contribution is -2.30. The molecule has 0 spiro atoms. The predicted molar refractivity (Wildman–Crippen MR) is 372 cm³/mol. The Bertz CT molecular complexity index is 1770. The maximum atomic E-state index is 13.1. The van der Waals surface area contributed by atoms with E-state index in [9.17, 15) is 43.2 Å². The molecule has 0 aromatic rings. The molecule has 0 aliphatic rings. The summed E-state index contributed by atoms with van der Waals surface area (Å²) in [5, 5.41) is 10.6. The van der Waals surface area contributed by atoms with Gasteiger partial charge in [0.25, 0.3) is 0 Å². The molecule has 19 heteroatoms. The molecule has 0 amide bonds. The standard InChI is InChI=1S/C73H142O17P2/c1-6-10-13-16-19-21-23-24-25-26-27-31-34-38-42-47-52-57-71(76)84-63-69(90-73(78)59-54-49-44-39-35-32-29-28-30-33-36-41-45-50-55-66(5)9-4)65-88-92(81,82)86-61-67(74)60-85-91(79,80)87-64-68(62-83-70(75)56-51-46-40-18-15-12-8-3)89-72(77)58-53-48-43-37-22-20-17-14-11-7-2/h66-69,74H,6-65H2,1-5H3,(H,79,80)(H,81,82)/t66?,67-,68+,69+/m0/s1. The van der Waals surface area contributed by atoms with Gasteiger partial charge in [0.15, 0.2) is 12.2 Å². The van der Waals surface area contributed by atoms with Crippen molar-refractivity contribution in [2.24, 2.45) is 5.92 Å². The molecule has 17 nitrogen and oxygen atoms in total. The van der Waals surface area contributed by atoms with Crippen LogP contribution < -0.4 is 0 Å². The van der Waals surface area contributed by atoms with Crippen LogP contribution in [0.5, 0.6) is 0 Å². The summed E-state index contributed by atoms with van der Waals surface area (Å²) >= 11 is 0. The van der Waals surface area contributed by atoms with E-state index in [1.54, 1.807) is 0 Å². The highest BCUT2D eigenvalue weighted by molar-refractivity contribution is 7.47. The summed E-state index contributed by atoms with van der Waals surface area (Å²) in [6, 6.07) is 0. The van der Waals surface area contributed by atoms with Crippen molar-refractivity contribution in [3.05, 3.63) is 0 Å². The summed E-state index contributed by atoms with van der Waals surface area (Å²) in [5.74, 6) is -1.28. The average Bonchev–Trinajstić information content (AvgIpc) is 1.54. The summed E-state index contributed by atoms with van der Waals surface area (Å²) in [6.07, 6.45) is 54.2. The lowest BCUT2D eigenvalue weighted by atomic mass is 9.99. The first-order valence-corrected chi connectivity index (χ1v) is 41.2. The van der Waals surface area contributed by atoms with Gasteiger partial charge in [0.1, 0.15) is 19.3 Å². The fourth-order valence-electron chi connectivity index (χ4n) is 11.1. The molecule has 92 heavy (non-hydrogen) atoms. The van der Waals surface area contributed by atoms with Crippen molar-refractivity contribution in [1.29, 1.82) is 0 Å². The van der Waals surface area contributed by atoms with E-state index in [1.165, 1.54) is 193 Å². The van der Waals surface area contributed by atoms with Crippen molar-refractivity contribution in [3.63, 3.8) is 0 Å². The van der Waals surface area contributed by atoms with Crippen LogP contribution in [0, 0.1) is 5.92 Å². The number of carbonyl (C=O) groups is 4. The zero-order valence-electron chi connectivity index (χ0n) is 59.7. The number of rotatable bonds is 73. The quantitative estimate of drug-likeness (QED) is 0.0222. The van der Waals surface area contributed by atoms with Gasteiger partial charge in [-0.25, -0.2) is 9.13 Å². The van der Waals surface area contributed by atoms with E-state index in [4.69, 9.17) is 37.0 Å². The Morgan fingerprint density at radius 2 is 0.522 bits per heavy atom. The van der Waals surface area contributed by atoms with E-state index in [0.717, 1.165) is 109 Å². The van der Waals surface area contributed by atoms with E-state index in [1.807, 2.05) is 0 Å². The van der Waals surface area contributed by atoms with Gasteiger partial charge in [-0.1, -0.05) is 330 Å². The highest BCUT2D eigenvalue weighted by atomic mass is 31.2. The Hall–Kier alpha value is -1.94. The third-order valence-corrected chi connectivity index (χ3v) is 19.3. The Morgan fingerprint density at radius 3 is 0.772 bits per heavy atom. The van der Waals surface area contributed by atoms with Gasteiger partial charge in [-0.2, -0.15) is 0 Å². The molecule has 0 fully saturated rings. The van der Waals surface area contributed by atoms with Crippen LogP contribution in [0.25, 0.3) is 0 Å². The number of aliphatic hydroxyl groups excluding tert-OH is 1. The summed E-state index contributed by atoms with van der Waals surface area (Å²) < 4.78 is 68.3. The third-order valence-electron chi connectivity index (χ3n) is 17.4. The van der Waals surface area contributed by atoms with Crippen LogP contribution in [0.3, 0.4) is 0 Å². The van der Waals surface area contributed by atoms with Crippen molar-refractivity contribution in [2.45, 2.75) is 400 Å². The van der Waals surface area contributed by atoms with Crippen LogP contribution in [0.1, 0.15) is 381 Å². The molecular formula is C73H142O17P2.